The highest BCUT2D eigenvalue weighted by atomic mass is 14.5. The van der Waals surface area contributed by atoms with Crippen LogP contribution in [0.2, 0.25) is 0 Å². The van der Waals surface area contributed by atoms with Crippen LogP contribution in [0.4, 0.5) is 0 Å². The van der Waals surface area contributed by atoms with Crippen LogP contribution >= 0.6 is 0 Å². The van der Waals surface area contributed by atoms with Gasteiger partial charge in [0.1, 0.15) is 0 Å². The zero-order valence-corrected chi connectivity index (χ0v) is 37.7. The molecule has 3 aliphatic carbocycles. The maximum Gasteiger partial charge on any atom is 0.0159 e. The van der Waals surface area contributed by atoms with Crippen LogP contribution in [0.15, 0.2) is 170 Å². The Hall–Kier alpha value is -7.28. The third-order valence-electron chi connectivity index (χ3n) is 16.9. The molecule has 0 aliphatic heterocycles. The van der Waals surface area contributed by atoms with Gasteiger partial charge in [-0.3, -0.25) is 0 Å². The van der Waals surface area contributed by atoms with Gasteiger partial charge in [-0.1, -0.05) is 175 Å². The van der Waals surface area contributed by atoms with E-state index in [0.29, 0.717) is 0 Å². The molecular formula is C65H46. The highest BCUT2D eigenvalue weighted by molar-refractivity contribution is 6.26. The molecule has 0 nitrogen and oxygen atoms in total. The minimum Gasteiger partial charge on any atom is -0.0610 e. The van der Waals surface area contributed by atoms with E-state index in [-0.39, 0.29) is 16.2 Å². The van der Waals surface area contributed by atoms with Crippen molar-refractivity contribution in [1.82, 2.24) is 0 Å². The molecule has 0 unspecified atom stereocenters. The number of benzene rings is 12. The Bertz CT molecular complexity index is 3830. The monoisotopic (exact) mass is 826 g/mol. The van der Waals surface area contributed by atoms with Crippen molar-refractivity contribution in [2.45, 2.75) is 57.8 Å². The van der Waals surface area contributed by atoms with E-state index in [1.807, 2.05) is 0 Å². The molecule has 0 N–H and O–H groups in total. The van der Waals surface area contributed by atoms with Gasteiger partial charge >= 0.3 is 0 Å². The molecule has 0 amide bonds. The van der Waals surface area contributed by atoms with E-state index in [1.54, 1.807) is 0 Å². The summed E-state index contributed by atoms with van der Waals surface area (Å²) in [6.45, 7) is 14.7. The predicted octanol–water partition coefficient (Wildman–Crippen LogP) is 17.7. The summed E-state index contributed by atoms with van der Waals surface area (Å²) in [6, 6.07) is 66.0. The summed E-state index contributed by atoms with van der Waals surface area (Å²) in [7, 11) is 0. The van der Waals surface area contributed by atoms with Crippen molar-refractivity contribution in [2.75, 3.05) is 0 Å². The van der Waals surface area contributed by atoms with Crippen molar-refractivity contribution in [3.63, 3.8) is 0 Å². The zero-order chi connectivity index (χ0) is 43.5. The summed E-state index contributed by atoms with van der Waals surface area (Å²) in [5, 5.41) is 16.0. The van der Waals surface area contributed by atoms with Crippen molar-refractivity contribution in [3.05, 3.63) is 203 Å². The summed E-state index contributed by atoms with van der Waals surface area (Å²) in [5.74, 6) is 0. The molecule has 0 aromatic heterocycles. The number of rotatable bonds is 2. The van der Waals surface area contributed by atoms with Crippen LogP contribution in [0.25, 0.3) is 120 Å². The lowest BCUT2D eigenvalue weighted by Gasteiger charge is -2.25. The van der Waals surface area contributed by atoms with Crippen LogP contribution in [-0.4, -0.2) is 0 Å². The molecule has 0 saturated heterocycles. The number of hydrogen-bond donors (Lipinski definition) is 0. The van der Waals surface area contributed by atoms with Gasteiger partial charge < -0.3 is 0 Å². The van der Waals surface area contributed by atoms with Crippen molar-refractivity contribution in [1.29, 1.82) is 0 Å². The van der Waals surface area contributed by atoms with Gasteiger partial charge in [-0.2, -0.15) is 0 Å². The molecule has 3 aliphatic rings. The Balaban J connectivity index is 0.838. The first-order valence-corrected chi connectivity index (χ1v) is 23.5. The minimum absolute atomic E-state index is 0.141. The highest BCUT2D eigenvalue weighted by Gasteiger charge is 2.44. The van der Waals surface area contributed by atoms with Crippen LogP contribution in [0.3, 0.4) is 0 Å². The quantitative estimate of drug-likeness (QED) is 0.152. The van der Waals surface area contributed by atoms with Crippen LogP contribution in [0, 0.1) is 0 Å². The van der Waals surface area contributed by atoms with Crippen molar-refractivity contribution >= 4 is 64.6 Å². The standard InChI is InChI=1S/C65H46/c1-63(2)53-29-41(43-23-17-39-15-13-35-9-7-11-37-19-27-47(43)61(39)59(35)37)21-25-45(53)49-31-57-51(33-55(49)63)52-34-56-50(32-58(52)65(57,5)6)46-26-22-42(30-54(46)64(56,3)4)44-24-18-40-16-14-36-10-8-12-38-20-28-48(44)62(40)60(36)38/h7-34H,1-6H3. The van der Waals surface area contributed by atoms with Crippen molar-refractivity contribution in [3.8, 4) is 55.6 Å². The molecule has 0 heterocycles. The topological polar surface area (TPSA) is 0 Å². The average molecular weight is 827 g/mol. The normalized spacial score (nSPS) is 15.9. The highest BCUT2D eigenvalue weighted by Crippen LogP contribution is 2.60. The van der Waals surface area contributed by atoms with Gasteiger partial charge in [-0.15, -0.1) is 0 Å². The fourth-order valence-corrected chi connectivity index (χ4v) is 13.5. The van der Waals surface area contributed by atoms with Crippen molar-refractivity contribution < 1.29 is 0 Å². The van der Waals surface area contributed by atoms with Gasteiger partial charge in [0, 0.05) is 16.2 Å². The average Bonchev–Trinajstić information content (AvgIpc) is 3.79. The fraction of sp³-hybridized carbons (Fsp3) is 0.138. The smallest absolute Gasteiger partial charge is 0.0159 e. The Morgan fingerprint density at radius 2 is 0.508 bits per heavy atom. The second kappa shape index (κ2) is 11.7. The molecule has 65 heavy (non-hydrogen) atoms. The summed E-state index contributed by atoms with van der Waals surface area (Å²) in [5.41, 5.74) is 21.7. The lowest BCUT2D eigenvalue weighted by Crippen LogP contribution is -2.17. The van der Waals surface area contributed by atoms with Gasteiger partial charge in [0.2, 0.25) is 0 Å². The predicted molar refractivity (Wildman–Crippen MR) is 277 cm³/mol. The van der Waals surface area contributed by atoms with E-state index in [0.717, 1.165) is 0 Å². The lowest BCUT2D eigenvalue weighted by atomic mass is 9.78. The molecule has 12 aromatic carbocycles. The number of hydrogen-bond acceptors (Lipinski definition) is 0. The molecule has 0 atom stereocenters. The lowest BCUT2D eigenvalue weighted by molar-refractivity contribution is 0.649. The first-order valence-electron chi connectivity index (χ1n) is 23.5. The minimum atomic E-state index is -0.153. The largest absolute Gasteiger partial charge is 0.0610 e. The van der Waals surface area contributed by atoms with Gasteiger partial charge in [-0.05, 0) is 190 Å². The molecule has 0 fully saturated rings. The Labute approximate surface area is 379 Å². The number of fused-ring (bicyclic) bond motifs is 9. The van der Waals surface area contributed by atoms with Gasteiger partial charge in [0.05, 0.1) is 0 Å². The van der Waals surface area contributed by atoms with Crippen LogP contribution in [-0.2, 0) is 16.2 Å². The van der Waals surface area contributed by atoms with E-state index in [2.05, 4.69) is 211 Å². The van der Waals surface area contributed by atoms with Gasteiger partial charge in [0.15, 0.2) is 0 Å². The van der Waals surface area contributed by atoms with E-state index < -0.39 is 0 Å². The Morgan fingerprint density at radius 1 is 0.231 bits per heavy atom. The van der Waals surface area contributed by atoms with E-state index in [4.69, 9.17) is 0 Å². The summed E-state index contributed by atoms with van der Waals surface area (Å²) >= 11 is 0. The Kier molecular flexibility index (Phi) is 6.49. The van der Waals surface area contributed by atoms with Crippen LogP contribution in [0.1, 0.15) is 74.9 Å². The third kappa shape index (κ3) is 4.39. The van der Waals surface area contributed by atoms with E-state index in [1.165, 1.54) is 154 Å². The summed E-state index contributed by atoms with van der Waals surface area (Å²) in [6.07, 6.45) is 0. The van der Waals surface area contributed by atoms with Crippen molar-refractivity contribution in [2.24, 2.45) is 0 Å². The maximum absolute atomic E-state index is 2.58. The maximum atomic E-state index is 2.58. The molecule has 306 valence electrons. The van der Waals surface area contributed by atoms with Crippen LogP contribution < -0.4 is 0 Å². The third-order valence-corrected chi connectivity index (χ3v) is 16.9. The molecular weight excluding hydrogens is 781 g/mol. The second-order valence-electron chi connectivity index (χ2n) is 21.2. The van der Waals surface area contributed by atoms with E-state index in [9.17, 15) is 0 Å². The molecule has 0 heteroatoms. The molecule has 0 radical (unpaired) electrons. The summed E-state index contributed by atoms with van der Waals surface area (Å²) < 4.78 is 0. The molecule has 0 spiro atoms. The summed E-state index contributed by atoms with van der Waals surface area (Å²) in [4.78, 5) is 0. The fourth-order valence-electron chi connectivity index (χ4n) is 13.5. The Morgan fingerprint density at radius 3 is 0.877 bits per heavy atom. The molecule has 12 aromatic rings. The zero-order valence-electron chi connectivity index (χ0n) is 37.7. The molecule has 15 rings (SSSR count). The van der Waals surface area contributed by atoms with Crippen LogP contribution in [0.5, 0.6) is 0 Å². The van der Waals surface area contributed by atoms with E-state index >= 15 is 0 Å². The second-order valence-corrected chi connectivity index (χ2v) is 21.2. The first kappa shape index (κ1) is 36.1. The van der Waals surface area contributed by atoms with Gasteiger partial charge in [0.25, 0.3) is 0 Å². The molecule has 0 saturated carbocycles. The van der Waals surface area contributed by atoms with Gasteiger partial charge in [-0.25, -0.2) is 0 Å². The molecule has 0 bridgehead atoms. The SMILES string of the molecule is CC1(C)c2cc(-c3ccc4ccc5cccc6ccc3c4c56)ccc2-c2cc3c(cc21)-c1cc2c(cc1C3(C)C)-c1ccc(-c3ccc4ccc5cccc6ccc3c4c56)cc1C2(C)C. The first-order chi connectivity index (χ1) is 31.5.